The van der Waals surface area contributed by atoms with Gasteiger partial charge in [0.25, 0.3) is 0 Å². The molecule has 3 rings (SSSR count). The summed E-state index contributed by atoms with van der Waals surface area (Å²) in [5, 5.41) is 28.7. The Morgan fingerprint density at radius 2 is 1.73 bits per heavy atom. The number of phenols is 2. The Bertz CT molecular complexity index is 864. The highest BCUT2D eigenvalue weighted by atomic mass is 32.2. The molecule has 0 aliphatic carbocycles. The minimum atomic E-state index is -0.709. The highest BCUT2D eigenvalue weighted by Crippen LogP contribution is 2.52. The van der Waals surface area contributed by atoms with Crippen LogP contribution in [-0.4, -0.2) is 27.0 Å². The van der Waals surface area contributed by atoms with E-state index in [0.29, 0.717) is 11.7 Å². The number of thioether (sulfide) groups is 1. The van der Waals surface area contributed by atoms with Gasteiger partial charge in [-0.1, -0.05) is 57.7 Å². The van der Waals surface area contributed by atoms with E-state index in [2.05, 4.69) is 13.0 Å². The van der Waals surface area contributed by atoms with Gasteiger partial charge in [0, 0.05) is 16.1 Å². The van der Waals surface area contributed by atoms with E-state index in [-0.39, 0.29) is 17.1 Å². The summed E-state index contributed by atoms with van der Waals surface area (Å²) in [5.41, 5.74) is 2.46. The Hall–Kier alpha value is -2.14. The fourth-order valence-corrected chi connectivity index (χ4v) is 5.89. The first-order chi connectivity index (χ1) is 14.3. The first-order valence-electron chi connectivity index (χ1n) is 10.8. The minimum Gasteiger partial charge on any atom is -0.508 e. The molecule has 3 N–H and O–H groups in total. The number of hydrogen-bond donors (Lipinski definition) is 3. The van der Waals surface area contributed by atoms with Crippen LogP contribution < -0.4 is 0 Å². The number of aliphatic carboxylic acids is 1. The van der Waals surface area contributed by atoms with Gasteiger partial charge in [-0.25, -0.2) is 0 Å². The highest BCUT2D eigenvalue weighted by molar-refractivity contribution is 7.99. The van der Waals surface area contributed by atoms with Crippen molar-refractivity contribution in [3.8, 4) is 11.5 Å². The zero-order chi connectivity index (χ0) is 21.7. The van der Waals surface area contributed by atoms with Crippen LogP contribution in [0.25, 0.3) is 0 Å². The van der Waals surface area contributed by atoms with E-state index in [1.165, 1.54) is 11.1 Å². The number of carboxylic acid groups (broad SMARTS) is 1. The zero-order valence-corrected chi connectivity index (χ0v) is 18.6. The van der Waals surface area contributed by atoms with E-state index in [1.807, 2.05) is 18.2 Å². The first kappa shape index (κ1) is 22.5. The number of aromatic hydroxyl groups is 2. The molecule has 0 spiro atoms. The Morgan fingerprint density at radius 1 is 1.07 bits per heavy atom. The SMILES string of the molecule is CC(CCCCCCC1c2ccc(O)cc2SCC1(C)c1ccc(O)cc1)C(=O)O. The van der Waals surface area contributed by atoms with E-state index in [9.17, 15) is 15.0 Å². The van der Waals surface area contributed by atoms with Crippen LogP contribution in [0, 0.1) is 5.92 Å². The normalized spacial score (nSPS) is 21.7. The Kier molecular flexibility index (Phi) is 7.35. The molecule has 4 nitrogen and oxygen atoms in total. The monoisotopic (exact) mass is 428 g/mol. The lowest BCUT2D eigenvalue weighted by Crippen LogP contribution is -2.36. The van der Waals surface area contributed by atoms with E-state index >= 15 is 0 Å². The molecule has 1 aliphatic heterocycles. The van der Waals surface area contributed by atoms with Crippen LogP contribution in [0.2, 0.25) is 0 Å². The van der Waals surface area contributed by atoms with Crippen molar-refractivity contribution in [2.75, 3.05) is 5.75 Å². The van der Waals surface area contributed by atoms with Gasteiger partial charge in [-0.05, 0) is 54.2 Å². The number of rotatable bonds is 9. The molecule has 0 aromatic heterocycles. The van der Waals surface area contributed by atoms with Gasteiger partial charge < -0.3 is 15.3 Å². The van der Waals surface area contributed by atoms with Gasteiger partial charge in [-0.2, -0.15) is 0 Å². The maximum Gasteiger partial charge on any atom is 0.306 e. The van der Waals surface area contributed by atoms with E-state index in [1.54, 1.807) is 36.9 Å². The van der Waals surface area contributed by atoms with Gasteiger partial charge >= 0.3 is 5.97 Å². The predicted octanol–water partition coefficient (Wildman–Crippen LogP) is 6.31. The molecule has 2 aromatic rings. The lowest BCUT2D eigenvalue weighted by molar-refractivity contribution is -0.141. The van der Waals surface area contributed by atoms with Gasteiger partial charge in [0.15, 0.2) is 0 Å². The van der Waals surface area contributed by atoms with Crippen LogP contribution >= 0.6 is 11.8 Å². The number of fused-ring (bicyclic) bond motifs is 1. The number of hydrogen-bond acceptors (Lipinski definition) is 4. The van der Waals surface area contributed by atoms with Gasteiger partial charge in [0.1, 0.15) is 11.5 Å². The molecule has 0 amide bonds. The van der Waals surface area contributed by atoms with E-state index in [0.717, 1.165) is 49.2 Å². The quantitative estimate of drug-likeness (QED) is 0.408. The smallest absolute Gasteiger partial charge is 0.306 e. The summed E-state index contributed by atoms with van der Waals surface area (Å²) in [6, 6.07) is 13.3. The average Bonchev–Trinajstić information content (AvgIpc) is 2.72. The molecule has 1 aliphatic rings. The van der Waals surface area contributed by atoms with Gasteiger partial charge in [0.2, 0.25) is 0 Å². The largest absolute Gasteiger partial charge is 0.508 e. The van der Waals surface area contributed by atoms with Crippen molar-refractivity contribution in [3.63, 3.8) is 0 Å². The third-order valence-electron chi connectivity index (χ3n) is 6.50. The molecule has 2 aromatic carbocycles. The van der Waals surface area contributed by atoms with Crippen molar-refractivity contribution in [2.45, 2.75) is 68.6 Å². The fourth-order valence-electron chi connectivity index (χ4n) is 4.48. The molecule has 0 bridgehead atoms. The van der Waals surface area contributed by atoms with Gasteiger partial charge in [0.05, 0.1) is 5.92 Å². The van der Waals surface area contributed by atoms with Crippen LogP contribution in [-0.2, 0) is 10.2 Å². The summed E-state index contributed by atoms with van der Waals surface area (Å²) >= 11 is 1.79. The minimum absolute atomic E-state index is 0.0554. The van der Waals surface area contributed by atoms with Crippen molar-refractivity contribution in [2.24, 2.45) is 5.92 Å². The first-order valence-corrected chi connectivity index (χ1v) is 11.8. The summed E-state index contributed by atoms with van der Waals surface area (Å²) in [6.45, 7) is 4.08. The standard InChI is InChI=1S/C25H32O4S/c1-17(24(28)29)7-5-3-4-6-8-22-21-14-13-20(27)15-23(21)30-16-25(22,2)18-9-11-19(26)12-10-18/h9-15,17,22,26-27H,3-8,16H2,1-2H3,(H,28,29). The van der Waals surface area contributed by atoms with Crippen molar-refractivity contribution >= 4 is 17.7 Å². The van der Waals surface area contributed by atoms with Crippen molar-refractivity contribution < 1.29 is 20.1 Å². The Morgan fingerprint density at radius 3 is 2.43 bits per heavy atom. The Labute approximate surface area is 183 Å². The molecule has 30 heavy (non-hydrogen) atoms. The summed E-state index contributed by atoms with van der Waals surface area (Å²) in [5.74, 6) is 0.868. The fraction of sp³-hybridized carbons (Fsp3) is 0.480. The van der Waals surface area contributed by atoms with Crippen molar-refractivity contribution in [1.82, 2.24) is 0 Å². The van der Waals surface area contributed by atoms with Crippen LogP contribution in [0.5, 0.6) is 11.5 Å². The molecule has 0 fully saturated rings. The molecule has 0 saturated heterocycles. The maximum absolute atomic E-state index is 11.0. The third-order valence-corrected chi connectivity index (χ3v) is 7.91. The Balaban J connectivity index is 1.71. The molecule has 0 radical (unpaired) electrons. The average molecular weight is 429 g/mol. The molecule has 5 heteroatoms. The van der Waals surface area contributed by atoms with Crippen LogP contribution in [0.4, 0.5) is 0 Å². The molecule has 0 saturated carbocycles. The molecule has 3 unspecified atom stereocenters. The van der Waals surface area contributed by atoms with E-state index < -0.39 is 5.97 Å². The molecular weight excluding hydrogens is 396 g/mol. The third kappa shape index (κ3) is 5.12. The van der Waals surface area contributed by atoms with E-state index in [4.69, 9.17) is 5.11 Å². The summed E-state index contributed by atoms with van der Waals surface area (Å²) in [4.78, 5) is 12.1. The van der Waals surface area contributed by atoms with Crippen LogP contribution in [0.15, 0.2) is 47.4 Å². The topological polar surface area (TPSA) is 77.8 Å². The van der Waals surface area contributed by atoms with Crippen LogP contribution in [0.1, 0.15) is 69.4 Å². The van der Waals surface area contributed by atoms with Gasteiger partial charge in [-0.15, -0.1) is 11.8 Å². The predicted molar refractivity (Wildman–Crippen MR) is 122 cm³/mol. The molecular formula is C25H32O4S. The number of carbonyl (C=O) groups is 1. The molecule has 162 valence electrons. The van der Waals surface area contributed by atoms with Gasteiger partial charge in [-0.3, -0.25) is 4.79 Å². The summed E-state index contributed by atoms with van der Waals surface area (Å²) < 4.78 is 0. The second-order valence-corrected chi connectivity index (χ2v) is 9.78. The number of unbranched alkanes of at least 4 members (excludes halogenated alkanes) is 3. The van der Waals surface area contributed by atoms with Crippen molar-refractivity contribution in [1.29, 1.82) is 0 Å². The van der Waals surface area contributed by atoms with Crippen molar-refractivity contribution in [3.05, 3.63) is 53.6 Å². The number of phenolic OH excluding ortho intramolecular Hbond substituents is 2. The van der Waals surface area contributed by atoms with Crippen LogP contribution in [0.3, 0.4) is 0 Å². The maximum atomic E-state index is 11.0. The lowest BCUT2D eigenvalue weighted by Gasteiger charge is -2.43. The molecule has 1 heterocycles. The summed E-state index contributed by atoms with van der Waals surface area (Å²) in [7, 11) is 0. The highest BCUT2D eigenvalue weighted by Gasteiger charge is 2.41. The number of benzene rings is 2. The molecule has 3 atom stereocenters. The number of carboxylic acids is 1. The second-order valence-electron chi connectivity index (χ2n) is 8.76. The summed E-state index contributed by atoms with van der Waals surface area (Å²) in [6.07, 6.45) is 5.97. The second kappa shape index (κ2) is 9.78. The zero-order valence-electron chi connectivity index (χ0n) is 17.8. The lowest BCUT2D eigenvalue weighted by atomic mass is 9.68.